The second-order valence-electron chi connectivity index (χ2n) is 5.12. The molecule has 1 saturated heterocycles. The van der Waals surface area contributed by atoms with E-state index in [4.69, 9.17) is 4.74 Å². The molecule has 1 atom stereocenters. The fourth-order valence-corrected chi connectivity index (χ4v) is 2.95. The Kier molecular flexibility index (Phi) is 4.59. The Bertz CT molecular complexity index is 436. The van der Waals surface area contributed by atoms with Gasteiger partial charge in [-0.1, -0.05) is 25.5 Å². The monoisotopic (exact) mass is 261 g/mol. The standard InChI is InChI=1S/C16H23NO2/c1-3-10-16(11-7-12-17-16)15(18)13-8-5-6-9-14(13)19-4-2/h5-6,8-9,17H,3-4,7,10-12H2,1-2H3. The number of carbonyl (C=O) groups excluding carboxylic acids is 1. The van der Waals surface area contributed by atoms with Gasteiger partial charge in [-0.3, -0.25) is 4.79 Å². The molecule has 1 aromatic carbocycles. The molecule has 1 aliphatic heterocycles. The molecule has 0 spiro atoms. The van der Waals surface area contributed by atoms with Crippen molar-refractivity contribution in [3.05, 3.63) is 29.8 Å². The molecule has 104 valence electrons. The third kappa shape index (κ3) is 2.81. The molecule has 0 bridgehead atoms. The second-order valence-corrected chi connectivity index (χ2v) is 5.12. The molecular weight excluding hydrogens is 238 g/mol. The van der Waals surface area contributed by atoms with Gasteiger partial charge in [0.25, 0.3) is 0 Å². The predicted octanol–water partition coefficient (Wildman–Crippen LogP) is 3.19. The number of para-hydroxylation sites is 1. The number of nitrogens with one attached hydrogen (secondary N) is 1. The normalized spacial score (nSPS) is 22.4. The van der Waals surface area contributed by atoms with Gasteiger partial charge in [-0.25, -0.2) is 0 Å². The number of ether oxygens (including phenoxy) is 1. The summed E-state index contributed by atoms with van der Waals surface area (Å²) in [6, 6.07) is 7.58. The Morgan fingerprint density at radius 1 is 1.37 bits per heavy atom. The van der Waals surface area contributed by atoms with Crippen molar-refractivity contribution in [2.24, 2.45) is 0 Å². The molecule has 0 saturated carbocycles. The van der Waals surface area contributed by atoms with Crippen LogP contribution in [0.4, 0.5) is 0 Å². The Morgan fingerprint density at radius 2 is 2.16 bits per heavy atom. The van der Waals surface area contributed by atoms with Crippen molar-refractivity contribution >= 4 is 5.78 Å². The molecule has 1 fully saturated rings. The number of rotatable bonds is 6. The predicted molar refractivity (Wildman–Crippen MR) is 76.8 cm³/mol. The summed E-state index contributed by atoms with van der Waals surface area (Å²) in [5, 5.41) is 3.43. The third-order valence-corrected chi connectivity index (χ3v) is 3.79. The van der Waals surface area contributed by atoms with Crippen molar-refractivity contribution in [1.29, 1.82) is 0 Å². The van der Waals surface area contributed by atoms with Gasteiger partial charge in [-0.05, 0) is 44.9 Å². The molecule has 1 aromatic rings. The number of benzene rings is 1. The number of hydrogen-bond donors (Lipinski definition) is 1. The summed E-state index contributed by atoms with van der Waals surface area (Å²) in [4.78, 5) is 12.9. The first-order chi connectivity index (χ1) is 9.23. The zero-order valence-electron chi connectivity index (χ0n) is 11.9. The van der Waals surface area contributed by atoms with Crippen LogP contribution in [0.15, 0.2) is 24.3 Å². The zero-order valence-corrected chi connectivity index (χ0v) is 11.9. The van der Waals surface area contributed by atoms with Crippen LogP contribution in [0.25, 0.3) is 0 Å². The summed E-state index contributed by atoms with van der Waals surface area (Å²) in [5.41, 5.74) is 0.342. The van der Waals surface area contributed by atoms with Crippen molar-refractivity contribution in [3.8, 4) is 5.75 Å². The summed E-state index contributed by atoms with van der Waals surface area (Å²) >= 11 is 0. The number of hydrogen-bond acceptors (Lipinski definition) is 3. The van der Waals surface area contributed by atoms with Crippen LogP contribution in [-0.4, -0.2) is 24.5 Å². The van der Waals surface area contributed by atoms with E-state index in [1.807, 2.05) is 31.2 Å². The topological polar surface area (TPSA) is 38.3 Å². The third-order valence-electron chi connectivity index (χ3n) is 3.79. The maximum absolute atomic E-state index is 12.9. The highest BCUT2D eigenvalue weighted by atomic mass is 16.5. The summed E-state index contributed by atoms with van der Waals surface area (Å²) in [6.07, 6.45) is 3.91. The largest absolute Gasteiger partial charge is 0.493 e. The van der Waals surface area contributed by atoms with E-state index in [0.29, 0.717) is 17.9 Å². The van der Waals surface area contributed by atoms with Crippen LogP contribution in [0.3, 0.4) is 0 Å². The summed E-state index contributed by atoms with van der Waals surface area (Å²) in [5.74, 6) is 0.898. The molecule has 1 N–H and O–H groups in total. The van der Waals surface area contributed by atoms with Crippen LogP contribution in [0.2, 0.25) is 0 Å². The highest BCUT2D eigenvalue weighted by molar-refractivity contribution is 6.05. The van der Waals surface area contributed by atoms with Gasteiger partial charge >= 0.3 is 0 Å². The van der Waals surface area contributed by atoms with E-state index in [0.717, 1.165) is 32.2 Å². The lowest BCUT2D eigenvalue weighted by molar-refractivity contribution is 0.0853. The van der Waals surface area contributed by atoms with E-state index < -0.39 is 0 Å². The van der Waals surface area contributed by atoms with Crippen molar-refractivity contribution in [2.75, 3.05) is 13.2 Å². The Morgan fingerprint density at radius 3 is 2.79 bits per heavy atom. The fourth-order valence-electron chi connectivity index (χ4n) is 2.95. The van der Waals surface area contributed by atoms with Gasteiger partial charge in [-0.15, -0.1) is 0 Å². The van der Waals surface area contributed by atoms with E-state index in [2.05, 4.69) is 12.2 Å². The Labute approximate surface area is 115 Å². The molecule has 0 radical (unpaired) electrons. The van der Waals surface area contributed by atoms with Gasteiger partial charge in [-0.2, -0.15) is 0 Å². The SMILES string of the molecule is CCCC1(C(=O)c2ccccc2OCC)CCCN1. The summed E-state index contributed by atoms with van der Waals surface area (Å²) in [7, 11) is 0. The summed E-state index contributed by atoms with van der Waals surface area (Å²) < 4.78 is 5.59. The zero-order chi connectivity index (χ0) is 13.7. The molecule has 0 aliphatic carbocycles. The van der Waals surface area contributed by atoms with Crippen LogP contribution in [0.5, 0.6) is 5.75 Å². The van der Waals surface area contributed by atoms with E-state index >= 15 is 0 Å². The van der Waals surface area contributed by atoms with Gasteiger partial charge in [0, 0.05) is 0 Å². The maximum Gasteiger partial charge on any atom is 0.186 e. The lowest BCUT2D eigenvalue weighted by Crippen LogP contribution is -2.47. The highest BCUT2D eigenvalue weighted by Crippen LogP contribution is 2.32. The minimum Gasteiger partial charge on any atom is -0.493 e. The lowest BCUT2D eigenvalue weighted by atomic mass is 9.83. The molecule has 3 nitrogen and oxygen atoms in total. The molecular formula is C16H23NO2. The van der Waals surface area contributed by atoms with Gasteiger partial charge in [0.15, 0.2) is 5.78 Å². The average Bonchev–Trinajstić information content (AvgIpc) is 2.89. The first-order valence-corrected chi connectivity index (χ1v) is 7.25. The first-order valence-electron chi connectivity index (χ1n) is 7.25. The lowest BCUT2D eigenvalue weighted by Gasteiger charge is -2.28. The van der Waals surface area contributed by atoms with Crippen LogP contribution in [0, 0.1) is 0 Å². The van der Waals surface area contributed by atoms with Crippen LogP contribution < -0.4 is 10.1 Å². The van der Waals surface area contributed by atoms with E-state index in [-0.39, 0.29) is 11.3 Å². The molecule has 0 aromatic heterocycles. The van der Waals surface area contributed by atoms with Crippen molar-refractivity contribution in [3.63, 3.8) is 0 Å². The molecule has 19 heavy (non-hydrogen) atoms. The average molecular weight is 261 g/mol. The minimum absolute atomic E-state index is 0.191. The van der Waals surface area contributed by atoms with Gasteiger partial charge in [0.2, 0.25) is 0 Å². The van der Waals surface area contributed by atoms with Gasteiger partial charge < -0.3 is 10.1 Å². The quantitative estimate of drug-likeness (QED) is 0.799. The van der Waals surface area contributed by atoms with Crippen molar-refractivity contribution in [2.45, 2.75) is 45.1 Å². The molecule has 1 unspecified atom stereocenters. The van der Waals surface area contributed by atoms with Crippen LogP contribution in [0.1, 0.15) is 49.9 Å². The van der Waals surface area contributed by atoms with Crippen molar-refractivity contribution in [1.82, 2.24) is 5.32 Å². The highest BCUT2D eigenvalue weighted by Gasteiger charge is 2.41. The second kappa shape index (κ2) is 6.20. The molecule has 1 aliphatic rings. The smallest absolute Gasteiger partial charge is 0.186 e. The first kappa shape index (κ1) is 14.1. The van der Waals surface area contributed by atoms with Crippen molar-refractivity contribution < 1.29 is 9.53 Å². The Hall–Kier alpha value is -1.35. The van der Waals surface area contributed by atoms with Gasteiger partial charge in [0.05, 0.1) is 17.7 Å². The number of Topliss-reactive ketones (excluding diaryl/α,β-unsaturated/α-hetero) is 1. The van der Waals surface area contributed by atoms with E-state index in [1.54, 1.807) is 0 Å². The minimum atomic E-state index is -0.373. The summed E-state index contributed by atoms with van der Waals surface area (Å²) in [6.45, 7) is 5.58. The maximum atomic E-state index is 12.9. The molecule has 3 heteroatoms. The van der Waals surface area contributed by atoms with E-state index in [1.165, 1.54) is 0 Å². The molecule has 1 heterocycles. The molecule has 0 amide bonds. The molecule has 2 rings (SSSR count). The van der Waals surface area contributed by atoms with Crippen LogP contribution >= 0.6 is 0 Å². The van der Waals surface area contributed by atoms with Crippen LogP contribution in [-0.2, 0) is 0 Å². The Balaban J connectivity index is 2.31. The fraction of sp³-hybridized carbons (Fsp3) is 0.562. The van der Waals surface area contributed by atoms with E-state index in [9.17, 15) is 4.79 Å². The number of carbonyl (C=O) groups is 1. The van der Waals surface area contributed by atoms with Gasteiger partial charge in [0.1, 0.15) is 5.75 Å². The number of ketones is 1.